The topological polar surface area (TPSA) is 57.6 Å². The van der Waals surface area contributed by atoms with Crippen molar-refractivity contribution >= 4 is 11.8 Å². The van der Waals surface area contributed by atoms with Gasteiger partial charge in [0.25, 0.3) is 11.8 Å². The predicted octanol–water partition coefficient (Wildman–Crippen LogP) is 2.56. The second-order valence-electron chi connectivity index (χ2n) is 6.18. The van der Waals surface area contributed by atoms with Crippen molar-refractivity contribution in [2.75, 3.05) is 6.54 Å². The lowest BCUT2D eigenvalue weighted by Gasteiger charge is -2.17. The minimum absolute atomic E-state index is 0.0408. The van der Waals surface area contributed by atoms with E-state index in [9.17, 15) is 14.7 Å². The zero-order valence-electron chi connectivity index (χ0n) is 13.5. The molecule has 2 amide bonds. The molecule has 2 aromatic carbocycles. The normalized spacial score (nSPS) is 13.5. The lowest BCUT2D eigenvalue weighted by molar-refractivity contribution is 0.0674. The SMILES string of the molecule is CC(C)(O)c1cccc(C#CCN2C(=O)c3ccccc3C2=O)c1. The molecule has 1 heterocycles. The molecule has 0 bridgehead atoms. The van der Waals surface area contributed by atoms with Crippen LogP contribution < -0.4 is 0 Å². The maximum atomic E-state index is 12.2. The predicted molar refractivity (Wildman–Crippen MR) is 90.4 cm³/mol. The Labute approximate surface area is 140 Å². The van der Waals surface area contributed by atoms with Gasteiger partial charge in [-0.1, -0.05) is 36.1 Å². The first-order chi connectivity index (χ1) is 11.4. The maximum absolute atomic E-state index is 12.2. The van der Waals surface area contributed by atoms with Gasteiger partial charge in [-0.25, -0.2) is 0 Å². The lowest BCUT2D eigenvalue weighted by Crippen LogP contribution is -2.30. The molecule has 0 saturated heterocycles. The van der Waals surface area contributed by atoms with Gasteiger partial charge in [0.15, 0.2) is 0 Å². The van der Waals surface area contributed by atoms with E-state index in [0.29, 0.717) is 11.1 Å². The number of amides is 2. The van der Waals surface area contributed by atoms with Crippen LogP contribution in [0.5, 0.6) is 0 Å². The largest absolute Gasteiger partial charge is 0.386 e. The summed E-state index contributed by atoms with van der Waals surface area (Å²) in [5, 5.41) is 10.0. The average molecular weight is 319 g/mol. The number of carbonyl (C=O) groups is 2. The summed E-state index contributed by atoms with van der Waals surface area (Å²) in [6.07, 6.45) is 0. The fraction of sp³-hybridized carbons (Fsp3) is 0.200. The van der Waals surface area contributed by atoms with E-state index in [-0.39, 0.29) is 18.4 Å². The summed E-state index contributed by atoms with van der Waals surface area (Å²) in [6, 6.07) is 14.0. The summed E-state index contributed by atoms with van der Waals surface area (Å²) >= 11 is 0. The quantitative estimate of drug-likeness (QED) is 0.684. The average Bonchev–Trinajstić information content (AvgIpc) is 2.80. The van der Waals surface area contributed by atoms with Gasteiger partial charge in [-0.3, -0.25) is 14.5 Å². The third kappa shape index (κ3) is 2.94. The Morgan fingerprint density at radius 3 is 2.21 bits per heavy atom. The van der Waals surface area contributed by atoms with E-state index in [1.807, 2.05) is 18.2 Å². The number of benzene rings is 2. The van der Waals surface area contributed by atoms with Gasteiger partial charge in [0, 0.05) is 5.56 Å². The molecule has 0 unspecified atom stereocenters. The molecule has 1 aliphatic heterocycles. The van der Waals surface area contributed by atoms with Gasteiger partial charge < -0.3 is 5.11 Å². The first-order valence-electron chi connectivity index (χ1n) is 7.65. The molecule has 120 valence electrons. The van der Waals surface area contributed by atoms with Crippen molar-refractivity contribution in [2.24, 2.45) is 0 Å². The standard InChI is InChI=1S/C20H17NO3/c1-20(2,24)15-9-5-7-14(13-15)8-6-12-21-18(22)16-10-3-4-11-17(16)19(21)23/h3-5,7,9-11,13,24H,12H2,1-2H3. The first kappa shape index (κ1) is 16.0. The highest BCUT2D eigenvalue weighted by atomic mass is 16.3. The fourth-order valence-corrected chi connectivity index (χ4v) is 2.58. The number of fused-ring (bicyclic) bond motifs is 1. The second kappa shape index (κ2) is 5.95. The molecule has 24 heavy (non-hydrogen) atoms. The van der Waals surface area contributed by atoms with E-state index < -0.39 is 5.60 Å². The molecule has 0 aromatic heterocycles. The van der Waals surface area contributed by atoms with Crippen molar-refractivity contribution in [3.63, 3.8) is 0 Å². The Morgan fingerprint density at radius 2 is 1.62 bits per heavy atom. The van der Waals surface area contributed by atoms with Gasteiger partial charge in [-0.05, 0) is 43.7 Å². The van der Waals surface area contributed by atoms with Crippen LogP contribution in [0.4, 0.5) is 0 Å². The molecule has 0 radical (unpaired) electrons. The van der Waals surface area contributed by atoms with Gasteiger partial charge in [0.05, 0.1) is 23.3 Å². The molecule has 1 N–H and O–H groups in total. The van der Waals surface area contributed by atoms with E-state index in [1.165, 1.54) is 0 Å². The van der Waals surface area contributed by atoms with E-state index >= 15 is 0 Å². The Hall–Kier alpha value is -2.90. The number of nitrogens with zero attached hydrogens (tertiary/aromatic N) is 1. The zero-order valence-corrected chi connectivity index (χ0v) is 13.5. The summed E-state index contributed by atoms with van der Waals surface area (Å²) in [6.45, 7) is 3.45. The molecule has 0 fully saturated rings. The first-order valence-corrected chi connectivity index (χ1v) is 7.65. The van der Waals surface area contributed by atoms with Crippen molar-refractivity contribution in [1.29, 1.82) is 0 Å². The van der Waals surface area contributed by atoms with Crippen molar-refractivity contribution in [2.45, 2.75) is 19.4 Å². The molecule has 0 aliphatic carbocycles. The molecule has 0 atom stereocenters. The van der Waals surface area contributed by atoms with Crippen LogP contribution in [-0.2, 0) is 5.60 Å². The van der Waals surface area contributed by atoms with Gasteiger partial charge in [0.1, 0.15) is 0 Å². The van der Waals surface area contributed by atoms with E-state index in [0.717, 1.165) is 16.0 Å². The van der Waals surface area contributed by atoms with Crippen LogP contribution in [0.15, 0.2) is 48.5 Å². The molecule has 4 heteroatoms. The third-order valence-electron chi connectivity index (χ3n) is 3.92. The highest BCUT2D eigenvalue weighted by molar-refractivity contribution is 6.21. The molecular formula is C20H17NO3. The van der Waals surface area contributed by atoms with Crippen LogP contribution in [0.25, 0.3) is 0 Å². The van der Waals surface area contributed by atoms with Gasteiger partial charge in [-0.15, -0.1) is 0 Å². The van der Waals surface area contributed by atoms with Crippen molar-refractivity contribution in [3.05, 3.63) is 70.8 Å². The number of hydrogen-bond donors (Lipinski definition) is 1. The zero-order chi connectivity index (χ0) is 17.3. The second-order valence-corrected chi connectivity index (χ2v) is 6.18. The van der Waals surface area contributed by atoms with Crippen LogP contribution in [0, 0.1) is 11.8 Å². The highest BCUT2D eigenvalue weighted by Crippen LogP contribution is 2.22. The van der Waals surface area contributed by atoms with Crippen molar-refractivity contribution < 1.29 is 14.7 Å². The Kier molecular flexibility index (Phi) is 3.96. The molecule has 3 rings (SSSR count). The highest BCUT2D eigenvalue weighted by Gasteiger charge is 2.34. The Bertz CT molecular complexity index is 846. The molecule has 2 aromatic rings. The van der Waals surface area contributed by atoms with Crippen LogP contribution in [0.2, 0.25) is 0 Å². The number of imide groups is 1. The fourth-order valence-electron chi connectivity index (χ4n) is 2.58. The Morgan fingerprint density at radius 1 is 1.00 bits per heavy atom. The van der Waals surface area contributed by atoms with Crippen molar-refractivity contribution in [3.8, 4) is 11.8 Å². The van der Waals surface area contributed by atoms with Gasteiger partial charge in [0.2, 0.25) is 0 Å². The summed E-state index contributed by atoms with van der Waals surface area (Å²) in [5.41, 5.74) is 1.39. The summed E-state index contributed by atoms with van der Waals surface area (Å²) in [5.74, 6) is 5.20. The third-order valence-corrected chi connectivity index (χ3v) is 3.92. The van der Waals surface area contributed by atoms with Gasteiger partial charge in [-0.2, -0.15) is 0 Å². The van der Waals surface area contributed by atoms with E-state index in [2.05, 4.69) is 11.8 Å². The molecule has 0 saturated carbocycles. The van der Waals surface area contributed by atoms with Crippen molar-refractivity contribution in [1.82, 2.24) is 4.90 Å². The number of rotatable bonds is 2. The monoisotopic (exact) mass is 319 g/mol. The van der Waals surface area contributed by atoms with Crippen LogP contribution in [0.3, 0.4) is 0 Å². The molecule has 4 nitrogen and oxygen atoms in total. The molecule has 0 spiro atoms. The summed E-state index contributed by atoms with van der Waals surface area (Å²) < 4.78 is 0. The Balaban J connectivity index is 1.78. The lowest BCUT2D eigenvalue weighted by atomic mass is 9.97. The molecule has 1 aliphatic rings. The van der Waals surface area contributed by atoms with Crippen LogP contribution in [0.1, 0.15) is 45.7 Å². The number of hydrogen-bond acceptors (Lipinski definition) is 3. The van der Waals surface area contributed by atoms with E-state index in [4.69, 9.17) is 0 Å². The van der Waals surface area contributed by atoms with Crippen LogP contribution >= 0.6 is 0 Å². The number of aliphatic hydroxyl groups is 1. The van der Waals surface area contributed by atoms with Gasteiger partial charge >= 0.3 is 0 Å². The van der Waals surface area contributed by atoms with E-state index in [1.54, 1.807) is 44.2 Å². The summed E-state index contributed by atoms with van der Waals surface area (Å²) in [7, 11) is 0. The summed E-state index contributed by atoms with van der Waals surface area (Å²) in [4.78, 5) is 25.6. The minimum atomic E-state index is -0.944. The molecular weight excluding hydrogens is 302 g/mol. The smallest absolute Gasteiger partial charge is 0.262 e. The van der Waals surface area contributed by atoms with Crippen LogP contribution in [-0.4, -0.2) is 28.4 Å². The number of carbonyl (C=O) groups excluding carboxylic acids is 2. The maximum Gasteiger partial charge on any atom is 0.262 e. The minimum Gasteiger partial charge on any atom is -0.386 e.